The van der Waals surface area contributed by atoms with Crippen molar-refractivity contribution < 1.29 is 4.39 Å². The minimum atomic E-state index is -0.255. The monoisotopic (exact) mass is 372 g/mol. The van der Waals surface area contributed by atoms with Gasteiger partial charge in [-0.25, -0.2) is 14.4 Å². The van der Waals surface area contributed by atoms with Crippen LogP contribution in [0.15, 0.2) is 60.9 Å². The lowest BCUT2D eigenvalue weighted by Gasteiger charge is -2.06. The summed E-state index contributed by atoms with van der Waals surface area (Å²) in [5, 5.41) is 5.62. The number of para-hydroxylation sites is 1. The second-order valence-electron chi connectivity index (χ2n) is 6.74. The van der Waals surface area contributed by atoms with E-state index < -0.39 is 0 Å². The molecule has 0 saturated heterocycles. The Bertz CT molecular complexity index is 1320. The molecule has 0 aliphatic rings. The van der Waals surface area contributed by atoms with Crippen LogP contribution in [-0.4, -0.2) is 24.3 Å². The van der Waals surface area contributed by atoms with Gasteiger partial charge in [-0.15, -0.1) is 0 Å². The lowest BCUT2D eigenvalue weighted by atomic mass is 10.1. The molecule has 3 aromatic heterocycles. The molecular weight excluding hydrogens is 355 g/mol. The number of imidazole rings is 1. The number of hydrogen-bond acceptors (Lipinski definition) is 4. The minimum absolute atomic E-state index is 0.255. The Balaban J connectivity index is 1.60. The molecule has 138 valence electrons. The minimum Gasteiger partial charge on any atom is -0.382 e. The van der Waals surface area contributed by atoms with Crippen molar-refractivity contribution in [3.8, 4) is 11.3 Å². The third-order valence-electron chi connectivity index (χ3n) is 4.88. The lowest BCUT2D eigenvalue weighted by Crippen LogP contribution is -2.01. The van der Waals surface area contributed by atoms with Crippen molar-refractivity contribution in [3.05, 3.63) is 72.4 Å². The van der Waals surface area contributed by atoms with Crippen molar-refractivity contribution in [1.29, 1.82) is 0 Å². The summed E-state index contributed by atoms with van der Waals surface area (Å²) < 4.78 is 17.1. The molecule has 6 nitrogen and oxygen atoms in total. The molecule has 2 N–H and O–H groups in total. The molecule has 0 spiro atoms. The van der Waals surface area contributed by atoms with Crippen LogP contribution in [0.25, 0.3) is 33.2 Å². The second-order valence-corrected chi connectivity index (χ2v) is 6.74. The predicted octanol–water partition coefficient (Wildman–Crippen LogP) is 3.75. The summed E-state index contributed by atoms with van der Waals surface area (Å²) in [6, 6.07) is 16.3. The number of aromatic nitrogens is 5. The third-order valence-corrected chi connectivity index (χ3v) is 4.88. The van der Waals surface area contributed by atoms with Crippen molar-refractivity contribution in [2.45, 2.75) is 6.54 Å². The number of nitrogen functional groups attached to an aromatic ring is 1. The highest BCUT2D eigenvalue weighted by Crippen LogP contribution is 2.28. The van der Waals surface area contributed by atoms with E-state index in [1.807, 2.05) is 41.9 Å². The van der Waals surface area contributed by atoms with E-state index in [1.54, 1.807) is 23.1 Å². The Hall–Kier alpha value is -3.74. The van der Waals surface area contributed by atoms with Gasteiger partial charge in [0, 0.05) is 12.4 Å². The van der Waals surface area contributed by atoms with Gasteiger partial charge in [-0.1, -0.05) is 18.2 Å². The number of hydrogen-bond donors (Lipinski definition) is 1. The molecule has 0 fully saturated rings. The number of halogens is 1. The zero-order chi connectivity index (χ0) is 19.3. The Morgan fingerprint density at radius 2 is 1.86 bits per heavy atom. The molecule has 0 aliphatic heterocycles. The van der Waals surface area contributed by atoms with E-state index in [-0.39, 0.29) is 5.82 Å². The first-order chi connectivity index (χ1) is 13.6. The molecule has 3 heterocycles. The smallest absolute Gasteiger partial charge is 0.152 e. The van der Waals surface area contributed by atoms with Crippen molar-refractivity contribution >= 4 is 27.8 Å². The molecule has 7 heteroatoms. The van der Waals surface area contributed by atoms with Crippen molar-refractivity contribution in [1.82, 2.24) is 24.3 Å². The fourth-order valence-corrected chi connectivity index (χ4v) is 3.60. The predicted molar refractivity (Wildman–Crippen MR) is 107 cm³/mol. The van der Waals surface area contributed by atoms with Gasteiger partial charge in [0.25, 0.3) is 0 Å². The van der Waals surface area contributed by atoms with Crippen LogP contribution < -0.4 is 5.73 Å². The van der Waals surface area contributed by atoms with Gasteiger partial charge >= 0.3 is 0 Å². The highest BCUT2D eigenvalue weighted by molar-refractivity contribution is 6.06. The van der Waals surface area contributed by atoms with Gasteiger partial charge in [0.15, 0.2) is 5.82 Å². The van der Waals surface area contributed by atoms with Crippen molar-refractivity contribution in [2.24, 2.45) is 7.05 Å². The standard InChI is InChI=1S/C21H17FN6/c1-27-18(13-6-8-14(22)9-7-13)10-15(26-27)11-28-12-24-19-20(28)16-4-2-3-5-17(16)25-21(19)23/h2-10,12H,11H2,1H3,(H2,23,25). The number of benzene rings is 2. The summed E-state index contributed by atoms with van der Waals surface area (Å²) in [5.74, 6) is 0.162. The molecule has 0 amide bonds. The topological polar surface area (TPSA) is 74.5 Å². The maximum Gasteiger partial charge on any atom is 0.152 e. The van der Waals surface area contributed by atoms with E-state index in [0.29, 0.717) is 17.9 Å². The molecule has 5 aromatic rings. The summed E-state index contributed by atoms with van der Waals surface area (Å²) >= 11 is 0. The van der Waals surface area contributed by atoms with Crippen LogP contribution >= 0.6 is 0 Å². The molecule has 0 atom stereocenters. The molecule has 0 bridgehead atoms. The molecular formula is C21H17FN6. The first-order valence-corrected chi connectivity index (χ1v) is 8.88. The first-order valence-electron chi connectivity index (χ1n) is 8.88. The van der Waals surface area contributed by atoms with Crippen LogP contribution in [0.5, 0.6) is 0 Å². The number of aryl methyl sites for hydroxylation is 1. The van der Waals surface area contributed by atoms with Crippen LogP contribution in [0.1, 0.15) is 5.69 Å². The van der Waals surface area contributed by atoms with E-state index in [0.717, 1.165) is 33.4 Å². The Labute approximate surface area is 160 Å². The van der Waals surface area contributed by atoms with Crippen LogP contribution in [0, 0.1) is 5.82 Å². The van der Waals surface area contributed by atoms with Crippen LogP contribution in [0.3, 0.4) is 0 Å². The van der Waals surface area contributed by atoms with Crippen LogP contribution in [-0.2, 0) is 13.6 Å². The number of nitrogens with two attached hydrogens (primary N) is 1. The quantitative estimate of drug-likeness (QED) is 0.523. The van der Waals surface area contributed by atoms with E-state index in [1.165, 1.54) is 12.1 Å². The molecule has 28 heavy (non-hydrogen) atoms. The fraction of sp³-hybridized carbons (Fsp3) is 0.0952. The Kier molecular flexibility index (Phi) is 3.61. The summed E-state index contributed by atoms with van der Waals surface area (Å²) in [4.78, 5) is 8.90. The summed E-state index contributed by atoms with van der Waals surface area (Å²) in [5.41, 5.74) is 11.3. The van der Waals surface area contributed by atoms with Gasteiger partial charge in [0.1, 0.15) is 11.3 Å². The van der Waals surface area contributed by atoms with Crippen LogP contribution in [0.4, 0.5) is 10.2 Å². The number of anilines is 1. The summed E-state index contributed by atoms with van der Waals surface area (Å²) in [7, 11) is 1.88. The number of pyridine rings is 1. The van der Waals surface area contributed by atoms with Gasteiger partial charge in [-0.2, -0.15) is 5.10 Å². The SMILES string of the molecule is Cn1nc(Cn2cnc3c(N)nc4ccccc4c32)cc1-c1ccc(F)cc1. The number of fused-ring (bicyclic) bond motifs is 3. The van der Waals surface area contributed by atoms with Crippen molar-refractivity contribution in [3.63, 3.8) is 0 Å². The molecule has 0 aliphatic carbocycles. The van der Waals surface area contributed by atoms with Gasteiger partial charge in [-0.3, -0.25) is 4.68 Å². The van der Waals surface area contributed by atoms with Crippen LogP contribution in [0.2, 0.25) is 0 Å². The molecule has 2 aromatic carbocycles. The number of nitrogens with zero attached hydrogens (tertiary/aromatic N) is 5. The van der Waals surface area contributed by atoms with E-state index >= 15 is 0 Å². The molecule has 5 rings (SSSR count). The number of rotatable bonds is 3. The zero-order valence-corrected chi connectivity index (χ0v) is 15.2. The largest absolute Gasteiger partial charge is 0.382 e. The normalized spacial score (nSPS) is 11.5. The van der Waals surface area contributed by atoms with Gasteiger partial charge in [-0.05, 0) is 42.0 Å². The van der Waals surface area contributed by atoms with E-state index in [2.05, 4.69) is 15.1 Å². The van der Waals surface area contributed by atoms with Crippen molar-refractivity contribution in [2.75, 3.05) is 5.73 Å². The maximum absolute atomic E-state index is 13.2. The Morgan fingerprint density at radius 1 is 1.07 bits per heavy atom. The van der Waals surface area contributed by atoms with Gasteiger partial charge in [0.2, 0.25) is 0 Å². The lowest BCUT2D eigenvalue weighted by molar-refractivity contribution is 0.628. The maximum atomic E-state index is 13.2. The highest BCUT2D eigenvalue weighted by atomic mass is 19.1. The van der Waals surface area contributed by atoms with E-state index in [4.69, 9.17) is 5.73 Å². The Morgan fingerprint density at radius 3 is 2.68 bits per heavy atom. The van der Waals surface area contributed by atoms with Gasteiger partial charge < -0.3 is 10.3 Å². The summed E-state index contributed by atoms with van der Waals surface area (Å²) in [6.45, 7) is 0.541. The fourth-order valence-electron chi connectivity index (χ4n) is 3.60. The van der Waals surface area contributed by atoms with E-state index in [9.17, 15) is 4.39 Å². The highest BCUT2D eigenvalue weighted by Gasteiger charge is 2.14. The second kappa shape index (κ2) is 6.16. The average Bonchev–Trinajstić information content (AvgIpc) is 3.27. The first kappa shape index (κ1) is 16.4. The molecule has 0 radical (unpaired) electrons. The molecule has 0 unspecified atom stereocenters. The third kappa shape index (κ3) is 2.60. The van der Waals surface area contributed by atoms with Gasteiger partial charge in [0.05, 0.1) is 35.3 Å². The average molecular weight is 372 g/mol. The zero-order valence-electron chi connectivity index (χ0n) is 15.2. The molecule has 0 saturated carbocycles. The summed E-state index contributed by atoms with van der Waals surface area (Å²) in [6.07, 6.45) is 1.77.